The number of hydrogen-bond donors (Lipinski definition) is 1. The van der Waals surface area contributed by atoms with Gasteiger partial charge in [-0.2, -0.15) is 9.40 Å². The molecule has 1 N–H and O–H groups in total. The molecule has 0 saturated carbocycles. The standard InChI is InChI=1S/C25H26N4O3S2/c1-18-22-15-23(33-25(22)29(27-18)17-20-7-3-2-4-8-20)24(30)26-16-19-9-11-21(12-10-19)34(31,32)28-13-5-6-14-28/h2-4,7-12,15H,5-6,13-14,16-17H2,1H3,(H,26,30). The summed E-state index contributed by atoms with van der Waals surface area (Å²) in [5.74, 6) is -0.152. The van der Waals surface area contributed by atoms with E-state index in [9.17, 15) is 13.2 Å². The van der Waals surface area contributed by atoms with Gasteiger partial charge in [-0.15, -0.1) is 11.3 Å². The Bertz CT molecular complexity index is 1420. The fourth-order valence-electron chi connectivity index (χ4n) is 4.21. The van der Waals surface area contributed by atoms with Crippen LogP contribution in [-0.2, 0) is 23.1 Å². The van der Waals surface area contributed by atoms with Gasteiger partial charge in [-0.1, -0.05) is 42.5 Å². The predicted molar refractivity (Wildman–Crippen MR) is 133 cm³/mol. The van der Waals surface area contributed by atoms with Crippen LogP contribution in [-0.4, -0.2) is 41.5 Å². The van der Waals surface area contributed by atoms with Gasteiger partial charge in [-0.3, -0.25) is 9.48 Å². The molecule has 0 aliphatic carbocycles. The smallest absolute Gasteiger partial charge is 0.261 e. The van der Waals surface area contributed by atoms with Crippen molar-refractivity contribution in [2.24, 2.45) is 0 Å². The summed E-state index contributed by atoms with van der Waals surface area (Å²) in [6.45, 7) is 4.09. The molecule has 0 radical (unpaired) electrons. The summed E-state index contributed by atoms with van der Waals surface area (Å²) in [4.78, 5) is 14.7. The molecule has 3 heterocycles. The SMILES string of the molecule is Cc1nn(Cc2ccccc2)c2sc(C(=O)NCc3ccc(S(=O)(=O)N4CCCC4)cc3)cc12. The summed E-state index contributed by atoms with van der Waals surface area (Å²) >= 11 is 1.43. The summed E-state index contributed by atoms with van der Waals surface area (Å²) in [7, 11) is -3.43. The van der Waals surface area contributed by atoms with Crippen molar-refractivity contribution in [1.29, 1.82) is 0 Å². The first-order valence-electron chi connectivity index (χ1n) is 11.3. The minimum Gasteiger partial charge on any atom is -0.347 e. The second kappa shape index (κ2) is 9.32. The Kier molecular flexibility index (Phi) is 6.24. The first-order chi connectivity index (χ1) is 16.4. The number of fused-ring (bicyclic) bond motifs is 1. The van der Waals surface area contributed by atoms with Gasteiger partial charge in [0.1, 0.15) is 4.83 Å². The Morgan fingerprint density at radius 1 is 1.03 bits per heavy atom. The van der Waals surface area contributed by atoms with E-state index >= 15 is 0 Å². The zero-order chi connectivity index (χ0) is 23.7. The number of nitrogens with zero attached hydrogens (tertiary/aromatic N) is 3. The summed E-state index contributed by atoms with van der Waals surface area (Å²) in [5.41, 5.74) is 2.90. The van der Waals surface area contributed by atoms with E-state index in [0.717, 1.165) is 39.9 Å². The number of carbonyl (C=O) groups excluding carboxylic acids is 1. The minimum absolute atomic E-state index is 0.152. The fourth-order valence-corrected chi connectivity index (χ4v) is 6.81. The molecule has 5 rings (SSSR count). The van der Waals surface area contributed by atoms with E-state index in [-0.39, 0.29) is 5.91 Å². The highest BCUT2D eigenvalue weighted by Crippen LogP contribution is 2.29. The molecule has 1 saturated heterocycles. The van der Waals surface area contributed by atoms with Crippen molar-refractivity contribution in [2.45, 2.75) is 37.8 Å². The third-order valence-corrected chi connectivity index (χ3v) is 9.15. The van der Waals surface area contributed by atoms with Crippen molar-refractivity contribution in [1.82, 2.24) is 19.4 Å². The third kappa shape index (κ3) is 4.51. The van der Waals surface area contributed by atoms with Crippen LogP contribution in [0.1, 0.15) is 39.3 Å². The second-order valence-corrected chi connectivity index (χ2v) is 11.5. The van der Waals surface area contributed by atoms with Crippen LogP contribution in [0.25, 0.3) is 10.2 Å². The predicted octanol–water partition coefficient (Wildman–Crippen LogP) is 4.17. The first-order valence-corrected chi connectivity index (χ1v) is 13.6. The number of aryl methyl sites for hydroxylation is 1. The highest BCUT2D eigenvalue weighted by molar-refractivity contribution is 7.89. The lowest BCUT2D eigenvalue weighted by atomic mass is 10.2. The molecule has 0 bridgehead atoms. The second-order valence-electron chi connectivity index (χ2n) is 8.50. The van der Waals surface area contributed by atoms with Crippen LogP contribution in [0.4, 0.5) is 0 Å². The molecule has 0 unspecified atom stereocenters. The summed E-state index contributed by atoms with van der Waals surface area (Å²) in [6, 6.07) is 18.8. The van der Waals surface area contributed by atoms with E-state index in [4.69, 9.17) is 0 Å². The number of carbonyl (C=O) groups is 1. The van der Waals surface area contributed by atoms with Gasteiger partial charge in [0, 0.05) is 25.0 Å². The highest BCUT2D eigenvalue weighted by atomic mass is 32.2. The lowest BCUT2D eigenvalue weighted by Gasteiger charge is -2.15. The Morgan fingerprint density at radius 2 is 1.74 bits per heavy atom. The zero-order valence-corrected chi connectivity index (χ0v) is 20.5. The molecule has 176 valence electrons. The van der Waals surface area contributed by atoms with Gasteiger partial charge in [0.05, 0.1) is 22.0 Å². The number of rotatable bonds is 7. The van der Waals surface area contributed by atoms with E-state index in [0.29, 0.717) is 36.0 Å². The van der Waals surface area contributed by atoms with E-state index in [2.05, 4.69) is 22.5 Å². The molecule has 4 aromatic rings. The largest absolute Gasteiger partial charge is 0.347 e. The molecule has 0 atom stereocenters. The van der Waals surface area contributed by atoms with Crippen molar-refractivity contribution in [3.05, 3.63) is 82.4 Å². The Balaban J connectivity index is 1.26. The lowest BCUT2D eigenvalue weighted by molar-refractivity contribution is 0.0955. The average Bonchev–Trinajstić information content (AvgIpc) is 3.58. The number of benzene rings is 2. The van der Waals surface area contributed by atoms with Crippen LogP contribution in [0.5, 0.6) is 0 Å². The van der Waals surface area contributed by atoms with Gasteiger partial charge in [0.25, 0.3) is 5.91 Å². The Labute approximate surface area is 203 Å². The Hall–Kier alpha value is -3.01. The molecule has 9 heteroatoms. The molecule has 1 amide bonds. The quantitative estimate of drug-likeness (QED) is 0.418. The van der Waals surface area contributed by atoms with Gasteiger partial charge in [-0.25, -0.2) is 8.42 Å². The zero-order valence-electron chi connectivity index (χ0n) is 18.9. The monoisotopic (exact) mass is 494 g/mol. The molecular formula is C25H26N4O3S2. The number of aromatic nitrogens is 2. The van der Waals surface area contributed by atoms with Crippen LogP contribution in [0, 0.1) is 6.92 Å². The van der Waals surface area contributed by atoms with Crippen molar-refractivity contribution in [3.8, 4) is 0 Å². The number of sulfonamides is 1. The van der Waals surface area contributed by atoms with Crippen LogP contribution < -0.4 is 5.32 Å². The van der Waals surface area contributed by atoms with Gasteiger partial charge in [0.15, 0.2) is 0 Å². The number of hydrogen-bond acceptors (Lipinski definition) is 5. The van der Waals surface area contributed by atoms with Crippen LogP contribution in [0.15, 0.2) is 65.6 Å². The summed E-state index contributed by atoms with van der Waals surface area (Å²) in [5, 5.41) is 8.58. The van der Waals surface area contributed by atoms with Crippen molar-refractivity contribution in [3.63, 3.8) is 0 Å². The van der Waals surface area contributed by atoms with Crippen LogP contribution in [0.3, 0.4) is 0 Å². The molecule has 1 aliphatic heterocycles. The van der Waals surface area contributed by atoms with Crippen molar-refractivity contribution in [2.75, 3.05) is 13.1 Å². The van der Waals surface area contributed by atoms with Gasteiger partial charge >= 0.3 is 0 Å². The molecule has 7 nitrogen and oxygen atoms in total. The van der Waals surface area contributed by atoms with Gasteiger partial charge < -0.3 is 5.32 Å². The molecule has 1 fully saturated rings. The van der Waals surface area contributed by atoms with Crippen molar-refractivity contribution < 1.29 is 13.2 Å². The molecule has 2 aromatic heterocycles. The molecule has 34 heavy (non-hydrogen) atoms. The topological polar surface area (TPSA) is 84.3 Å². The minimum atomic E-state index is -3.43. The normalized spacial score (nSPS) is 14.6. The molecular weight excluding hydrogens is 468 g/mol. The van der Waals surface area contributed by atoms with Gasteiger partial charge in [0.2, 0.25) is 10.0 Å². The molecule has 0 spiro atoms. The van der Waals surface area contributed by atoms with Gasteiger partial charge in [-0.05, 0) is 49.1 Å². The van der Waals surface area contributed by atoms with Crippen LogP contribution >= 0.6 is 11.3 Å². The maximum absolute atomic E-state index is 12.8. The molecule has 1 aliphatic rings. The Morgan fingerprint density at radius 3 is 2.44 bits per heavy atom. The maximum Gasteiger partial charge on any atom is 0.261 e. The fraction of sp³-hybridized carbons (Fsp3) is 0.280. The van der Waals surface area contributed by atoms with E-state index in [1.165, 1.54) is 15.6 Å². The number of nitrogens with one attached hydrogen (secondary N) is 1. The van der Waals surface area contributed by atoms with E-state index < -0.39 is 10.0 Å². The molecule has 2 aromatic carbocycles. The van der Waals surface area contributed by atoms with Crippen molar-refractivity contribution >= 4 is 37.5 Å². The summed E-state index contributed by atoms with van der Waals surface area (Å²) < 4.78 is 28.8. The third-order valence-electron chi connectivity index (χ3n) is 6.09. The van der Waals surface area contributed by atoms with E-state index in [1.54, 1.807) is 24.3 Å². The lowest BCUT2D eigenvalue weighted by Crippen LogP contribution is -2.27. The number of thiophene rings is 1. The maximum atomic E-state index is 12.8. The van der Waals surface area contributed by atoms with E-state index in [1.807, 2.05) is 35.9 Å². The first kappa shape index (κ1) is 22.8. The highest BCUT2D eigenvalue weighted by Gasteiger charge is 2.27. The van der Waals surface area contributed by atoms with Crippen LogP contribution in [0.2, 0.25) is 0 Å². The summed E-state index contributed by atoms with van der Waals surface area (Å²) in [6.07, 6.45) is 1.82. The average molecular weight is 495 g/mol. The number of amides is 1.